The quantitative estimate of drug-likeness (QED) is 0.467. The van der Waals surface area contributed by atoms with E-state index in [1.165, 1.54) is 0 Å². The molecule has 2 N–H and O–H groups in total. The lowest BCUT2D eigenvalue weighted by Gasteiger charge is -2.10. The molecule has 0 aliphatic rings. The average molecular weight is 386 g/mol. The molecule has 2 heterocycles. The largest absolute Gasteiger partial charge is 0.276 e. The number of carbonyl (C=O) groups excluding carboxylic acids is 2. The molecule has 0 saturated carbocycles. The van der Waals surface area contributed by atoms with Crippen molar-refractivity contribution in [2.45, 2.75) is 0 Å². The highest BCUT2D eigenvalue weighted by atomic mass is 19.2. The zero-order chi connectivity index (χ0) is 19.8. The van der Waals surface area contributed by atoms with Gasteiger partial charge in [-0.15, -0.1) is 0 Å². The molecule has 26 heavy (non-hydrogen) atoms. The Labute approximate surface area is 136 Å². The number of hydrogen-bond donors (Lipinski definition) is 2. The molecule has 0 spiro atoms. The SMILES string of the molecule is O=C(NNC(=O)c1c(F)c(F)nc(F)c1F)c1c(F)c(F)nc(F)c1F. The Balaban J connectivity index is 2.28. The van der Waals surface area contributed by atoms with E-state index in [0.717, 1.165) is 10.9 Å². The average Bonchev–Trinajstić information content (AvgIpc) is 2.57. The number of hydrazine groups is 1. The van der Waals surface area contributed by atoms with E-state index in [-0.39, 0.29) is 0 Å². The van der Waals surface area contributed by atoms with E-state index in [9.17, 15) is 44.7 Å². The summed E-state index contributed by atoms with van der Waals surface area (Å²) in [6.45, 7) is 0. The van der Waals surface area contributed by atoms with Gasteiger partial charge in [0.15, 0.2) is 23.3 Å². The summed E-state index contributed by atoms with van der Waals surface area (Å²) in [4.78, 5) is 27.4. The van der Waals surface area contributed by atoms with E-state index in [1.54, 1.807) is 0 Å². The van der Waals surface area contributed by atoms with E-state index in [1.807, 2.05) is 0 Å². The first-order valence-electron chi connectivity index (χ1n) is 6.06. The molecule has 14 heteroatoms. The summed E-state index contributed by atoms with van der Waals surface area (Å²) in [5.41, 5.74) is -1.45. The van der Waals surface area contributed by atoms with E-state index < -0.39 is 70.0 Å². The number of aromatic nitrogens is 2. The maximum absolute atomic E-state index is 13.3. The van der Waals surface area contributed by atoms with E-state index in [2.05, 4.69) is 9.97 Å². The number of halogens is 8. The smallest absolute Gasteiger partial charge is 0.267 e. The van der Waals surface area contributed by atoms with Gasteiger partial charge in [-0.2, -0.15) is 27.5 Å². The number of rotatable bonds is 2. The van der Waals surface area contributed by atoms with Crippen LogP contribution in [-0.2, 0) is 0 Å². The topological polar surface area (TPSA) is 84.0 Å². The molecule has 138 valence electrons. The van der Waals surface area contributed by atoms with Gasteiger partial charge < -0.3 is 0 Å². The second-order valence-electron chi connectivity index (χ2n) is 4.30. The van der Waals surface area contributed by atoms with Gasteiger partial charge in [0, 0.05) is 0 Å². The Morgan fingerprint density at radius 2 is 0.769 bits per heavy atom. The van der Waals surface area contributed by atoms with Crippen molar-refractivity contribution in [3.63, 3.8) is 0 Å². The van der Waals surface area contributed by atoms with Crippen molar-refractivity contribution in [1.82, 2.24) is 20.8 Å². The van der Waals surface area contributed by atoms with E-state index in [4.69, 9.17) is 0 Å². The molecule has 0 atom stereocenters. The third-order valence-corrected chi connectivity index (χ3v) is 2.74. The minimum atomic E-state index is -2.24. The van der Waals surface area contributed by atoms with Gasteiger partial charge in [-0.3, -0.25) is 20.4 Å². The standard InChI is InChI=1S/C12H2F8N4O2/c13-3-1(4(14)8(18)21-7(3)17)11(25)23-24-12(26)2-5(15)9(19)22-10(20)6(2)16/h(H,23,25)(H,24,26). The number of pyridine rings is 2. The first kappa shape index (κ1) is 19.0. The molecule has 0 aliphatic carbocycles. The summed E-state index contributed by atoms with van der Waals surface area (Å²) in [7, 11) is 0. The zero-order valence-electron chi connectivity index (χ0n) is 11.7. The Hall–Kier alpha value is -3.32. The molecule has 0 saturated heterocycles. The van der Waals surface area contributed by atoms with Crippen molar-refractivity contribution in [3.05, 3.63) is 58.2 Å². The molecule has 6 nitrogen and oxygen atoms in total. The highest BCUT2D eigenvalue weighted by Gasteiger charge is 2.29. The number of hydrogen-bond acceptors (Lipinski definition) is 4. The minimum absolute atomic E-state index is 1.15. The lowest BCUT2D eigenvalue weighted by molar-refractivity contribution is 0.0833. The number of carbonyl (C=O) groups is 2. The summed E-state index contributed by atoms with van der Waals surface area (Å²) in [6.07, 6.45) is 0. The molecule has 2 aromatic rings. The lowest BCUT2D eigenvalue weighted by atomic mass is 10.2. The van der Waals surface area contributed by atoms with Crippen molar-refractivity contribution in [3.8, 4) is 0 Å². The molecule has 0 bridgehead atoms. The maximum atomic E-state index is 13.3. The van der Waals surface area contributed by atoms with Crippen LogP contribution in [0.25, 0.3) is 0 Å². The minimum Gasteiger partial charge on any atom is -0.267 e. The monoisotopic (exact) mass is 386 g/mol. The molecular formula is C12H2F8N4O2. The fourth-order valence-corrected chi connectivity index (χ4v) is 1.61. The summed E-state index contributed by atoms with van der Waals surface area (Å²) in [6, 6.07) is 0. The van der Waals surface area contributed by atoms with E-state index in [0.29, 0.717) is 0 Å². The summed E-state index contributed by atoms with van der Waals surface area (Å²) in [5, 5.41) is 0. The first-order valence-corrected chi connectivity index (χ1v) is 6.06. The van der Waals surface area contributed by atoms with Crippen LogP contribution >= 0.6 is 0 Å². The van der Waals surface area contributed by atoms with Crippen LogP contribution in [0.1, 0.15) is 20.7 Å². The Morgan fingerprint density at radius 1 is 0.538 bits per heavy atom. The number of nitrogens with one attached hydrogen (secondary N) is 2. The van der Waals surface area contributed by atoms with Gasteiger partial charge in [0.1, 0.15) is 11.1 Å². The van der Waals surface area contributed by atoms with Crippen molar-refractivity contribution < 1.29 is 44.7 Å². The molecule has 0 fully saturated rings. The van der Waals surface area contributed by atoms with Gasteiger partial charge in [-0.1, -0.05) is 0 Å². The molecule has 0 radical (unpaired) electrons. The highest BCUT2D eigenvalue weighted by Crippen LogP contribution is 2.18. The van der Waals surface area contributed by atoms with Crippen LogP contribution in [0.15, 0.2) is 0 Å². The fourth-order valence-electron chi connectivity index (χ4n) is 1.61. The molecule has 0 aliphatic heterocycles. The van der Waals surface area contributed by atoms with Crippen LogP contribution < -0.4 is 10.9 Å². The van der Waals surface area contributed by atoms with Crippen LogP contribution in [0.2, 0.25) is 0 Å². The fraction of sp³-hybridized carbons (Fsp3) is 0. The van der Waals surface area contributed by atoms with Gasteiger partial charge in [0.2, 0.25) is 0 Å². The van der Waals surface area contributed by atoms with Crippen LogP contribution in [0, 0.1) is 47.1 Å². The summed E-state index contributed by atoms with van der Waals surface area (Å²) in [5.74, 6) is -21.8. The highest BCUT2D eigenvalue weighted by molar-refractivity contribution is 5.99. The van der Waals surface area contributed by atoms with Gasteiger partial charge in [0.05, 0.1) is 0 Å². The number of nitrogens with zero attached hydrogens (tertiary/aromatic N) is 2. The molecule has 0 aromatic carbocycles. The van der Waals surface area contributed by atoms with Gasteiger partial charge >= 0.3 is 0 Å². The third kappa shape index (κ3) is 3.25. The van der Waals surface area contributed by atoms with Gasteiger partial charge in [-0.25, -0.2) is 17.6 Å². The van der Waals surface area contributed by atoms with Crippen LogP contribution in [0.4, 0.5) is 35.1 Å². The van der Waals surface area contributed by atoms with Gasteiger partial charge in [-0.05, 0) is 0 Å². The summed E-state index contributed by atoms with van der Waals surface area (Å²) < 4.78 is 105. The van der Waals surface area contributed by atoms with Crippen LogP contribution in [0.5, 0.6) is 0 Å². The summed E-state index contributed by atoms with van der Waals surface area (Å²) >= 11 is 0. The third-order valence-electron chi connectivity index (χ3n) is 2.74. The molecule has 2 rings (SSSR count). The molecular weight excluding hydrogens is 384 g/mol. The zero-order valence-corrected chi connectivity index (χ0v) is 11.7. The van der Waals surface area contributed by atoms with Crippen molar-refractivity contribution >= 4 is 11.8 Å². The number of amides is 2. The molecule has 0 unspecified atom stereocenters. The Morgan fingerprint density at radius 3 is 1.00 bits per heavy atom. The first-order chi connectivity index (χ1) is 12.1. The van der Waals surface area contributed by atoms with Crippen molar-refractivity contribution in [2.75, 3.05) is 0 Å². The van der Waals surface area contributed by atoms with Crippen LogP contribution in [0.3, 0.4) is 0 Å². The van der Waals surface area contributed by atoms with E-state index >= 15 is 0 Å². The Bertz CT molecular complexity index is 808. The second kappa shape index (κ2) is 6.89. The lowest BCUT2D eigenvalue weighted by Crippen LogP contribution is -2.43. The van der Waals surface area contributed by atoms with Crippen molar-refractivity contribution in [2.24, 2.45) is 0 Å². The molecule has 2 aromatic heterocycles. The molecule has 2 amide bonds. The predicted molar refractivity (Wildman–Crippen MR) is 63.1 cm³/mol. The van der Waals surface area contributed by atoms with Gasteiger partial charge in [0.25, 0.3) is 35.6 Å². The maximum Gasteiger partial charge on any atom is 0.276 e. The Kier molecular flexibility index (Phi) is 5.04. The normalized spacial score (nSPS) is 10.6. The van der Waals surface area contributed by atoms with Crippen LogP contribution in [-0.4, -0.2) is 21.8 Å². The van der Waals surface area contributed by atoms with Crippen molar-refractivity contribution in [1.29, 1.82) is 0 Å². The predicted octanol–water partition coefficient (Wildman–Crippen LogP) is 1.66. The second-order valence-corrected chi connectivity index (χ2v) is 4.30.